The Kier molecular flexibility index (Phi) is 2.86. The van der Waals surface area contributed by atoms with Crippen molar-refractivity contribution in [3.8, 4) is 0 Å². The summed E-state index contributed by atoms with van der Waals surface area (Å²) in [5.41, 5.74) is 1.73. The number of anilines is 1. The van der Waals surface area contributed by atoms with E-state index in [1.54, 1.807) is 4.90 Å². The second-order valence-corrected chi connectivity index (χ2v) is 6.77. The number of benzene rings is 1. The SMILES string of the molecule is Cc1ccc(N2CC3CNCCC3(F)C2=O)c(C2CC2)c1. The molecule has 1 N–H and O–H groups in total. The number of hydrogen-bond acceptors (Lipinski definition) is 2. The molecule has 0 bridgehead atoms. The van der Waals surface area contributed by atoms with Crippen LogP contribution in [0.5, 0.6) is 0 Å². The van der Waals surface area contributed by atoms with Gasteiger partial charge in [-0.15, -0.1) is 0 Å². The van der Waals surface area contributed by atoms with Crippen molar-refractivity contribution < 1.29 is 9.18 Å². The molecule has 1 aliphatic carbocycles. The van der Waals surface area contributed by atoms with Crippen LogP contribution in [0.4, 0.5) is 10.1 Å². The van der Waals surface area contributed by atoms with Gasteiger partial charge in [-0.1, -0.05) is 17.7 Å². The number of rotatable bonds is 2. The highest BCUT2D eigenvalue weighted by Crippen LogP contribution is 2.47. The van der Waals surface area contributed by atoms with E-state index in [9.17, 15) is 4.79 Å². The minimum atomic E-state index is -1.66. The van der Waals surface area contributed by atoms with Gasteiger partial charge >= 0.3 is 0 Å². The Morgan fingerprint density at radius 2 is 2.19 bits per heavy atom. The van der Waals surface area contributed by atoms with Crippen LogP contribution in [0.1, 0.15) is 36.3 Å². The number of amides is 1. The van der Waals surface area contributed by atoms with Gasteiger partial charge in [-0.25, -0.2) is 4.39 Å². The Hall–Kier alpha value is -1.42. The molecule has 0 spiro atoms. The van der Waals surface area contributed by atoms with E-state index >= 15 is 4.39 Å². The lowest BCUT2D eigenvalue weighted by Crippen LogP contribution is -2.49. The maximum Gasteiger partial charge on any atom is 0.265 e. The zero-order valence-corrected chi connectivity index (χ0v) is 12.4. The summed E-state index contributed by atoms with van der Waals surface area (Å²) < 4.78 is 15.1. The van der Waals surface area contributed by atoms with Crippen LogP contribution in [0.2, 0.25) is 0 Å². The summed E-state index contributed by atoms with van der Waals surface area (Å²) in [7, 11) is 0. The Balaban J connectivity index is 1.73. The van der Waals surface area contributed by atoms with Crippen molar-refractivity contribution in [2.45, 2.75) is 37.8 Å². The number of carbonyl (C=O) groups excluding carboxylic acids is 1. The number of hydrogen-bond donors (Lipinski definition) is 1. The van der Waals surface area contributed by atoms with Crippen LogP contribution >= 0.6 is 0 Å². The predicted molar refractivity (Wildman–Crippen MR) is 80.3 cm³/mol. The number of aryl methyl sites for hydroxylation is 1. The van der Waals surface area contributed by atoms with E-state index in [0.29, 0.717) is 32.0 Å². The number of nitrogens with zero attached hydrogens (tertiary/aromatic N) is 1. The van der Waals surface area contributed by atoms with E-state index in [2.05, 4.69) is 18.3 Å². The summed E-state index contributed by atoms with van der Waals surface area (Å²) in [4.78, 5) is 14.4. The third-order valence-electron chi connectivity index (χ3n) is 5.20. The van der Waals surface area contributed by atoms with E-state index in [1.165, 1.54) is 24.0 Å². The van der Waals surface area contributed by atoms with E-state index in [0.717, 1.165) is 5.69 Å². The molecule has 1 amide bonds. The molecule has 4 rings (SSSR count). The van der Waals surface area contributed by atoms with Gasteiger partial charge in [0.05, 0.1) is 0 Å². The molecule has 0 aromatic heterocycles. The van der Waals surface area contributed by atoms with Gasteiger partial charge in [0.1, 0.15) is 0 Å². The largest absolute Gasteiger partial charge is 0.316 e. The van der Waals surface area contributed by atoms with Crippen LogP contribution in [-0.2, 0) is 4.79 Å². The molecule has 112 valence electrons. The molecule has 1 aromatic carbocycles. The Bertz CT molecular complexity index is 598. The summed E-state index contributed by atoms with van der Waals surface area (Å²) in [5.74, 6) is 0.0240. The topological polar surface area (TPSA) is 32.3 Å². The Labute approximate surface area is 124 Å². The lowest BCUT2D eigenvalue weighted by atomic mass is 9.86. The van der Waals surface area contributed by atoms with Crippen molar-refractivity contribution in [1.29, 1.82) is 0 Å². The van der Waals surface area contributed by atoms with Crippen molar-refractivity contribution >= 4 is 11.6 Å². The van der Waals surface area contributed by atoms with Crippen molar-refractivity contribution in [2.24, 2.45) is 5.92 Å². The molecule has 0 radical (unpaired) electrons. The van der Waals surface area contributed by atoms with Gasteiger partial charge in [-0.05, 0) is 43.9 Å². The molecule has 2 unspecified atom stereocenters. The third-order valence-corrected chi connectivity index (χ3v) is 5.20. The molecule has 21 heavy (non-hydrogen) atoms. The maximum absolute atomic E-state index is 15.1. The van der Waals surface area contributed by atoms with Crippen LogP contribution < -0.4 is 10.2 Å². The van der Waals surface area contributed by atoms with Gasteiger partial charge in [0.25, 0.3) is 5.91 Å². The average Bonchev–Trinajstić information content (AvgIpc) is 3.27. The number of carbonyl (C=O) groups is 1. The van der Waals surface area contributed by atoms with Crippen LogP contribution in [0.15, 0.2) is 18.2 Å². The van der Waals surface area contributed by atoms with Gasteiger partial charge in [-0.2, -0.15) is 0 Å². The average molecular weight is 288 g/mol. The Morgan fingerprint density at radius 3 is 2.90 bits per heavy atom. The smallest absolute Gasteiger partial charge is 0.265 e. The van der Waals surface area contributed by atoms with E-state index < -0.39 is 5.67 Å². The lowest BCUT2D eigenvalue weighted by Gasteiger charge is -2.29. The monoisotopic (exact) mass is 288 g/mol. The fourth-order valence-electron chi connectivity index (χ4n) is 3.78. The highest BCUT2D eigenvalue weighted by atomic mass is 19.1. The van der Waals surface area contributed by atoms with Crippen molar-refractivity contribution in [1.82, 2.24) is 5.32 Å². The van der Waals surface area contributed by atoms with Gasteiger partial charge in [-0.3, -0.25) is 4.79 Å². The molecule has 2 atom stereocenters. The highest BCUT2D eigenvalue weighted by Gasteiger charge is 2.56. The number of nitrogens with one attached hydrogen (secondary N) is 1. The normalized spacial score (nSPS) is 32.4. The van der Waals surface area contributed by atoms with Crippen LogP contribution in [0.3, 0.4) is 0 Å². The molecule has 3 aliphatic rings. The molecule has 3 nitrogen and oxygen atoms in total. The maximum atomic E-state index is 15.1. The summed E-state index contributed by atoms with van der Waals surface area (Å²) >= 11 is 0. The molecule has 1 aromatic rings. The van der Waals surface area contributed by atoms with Gasteiger partial charge in [0.2, 0.25) is 0 Å². The zero-order chi connectivity index (χ0) is 14.6. The van der Waals surface area contributed by atoms with Gasteiger partial charge in [0, 0.05) is 31.1 Å². The van der Waals surface area contributed by atoms with Crippen LogP contribution in [0.25, 0.3) is 0 Å². The first-order valence-electron chi connectivity index (χ1n) is 7.92. The number of fused-ring (bicyclic) bond motifs is 1. The van der Waals surface area contributed by atoms with E-state index in [1.807, 2.05) is 12.1 Å². The molecule has 3 fully saturated rings. The van der Waals surface area contributed by atoms with Crippen molar-refractivity contribution in [3.63, 3.8) is 0 Å². The van der Waals surface area contributed by atoms with E-state index in [-0.39, 0.29) is 11.8 Å². The molecule has 4 heteroatoms. The summed E-state index contributed by atoms with van der Waals surface area (Å²) in [6.07, 6.45) is 2.67. The minimum Gasteiger partial charge on any atom is -0.316 e. The second-order valence-electron chi connectivity index (χ2n) is 6.77. The number of alkyl halides is 1. The van der Waals surface area contributed by atoms with Crippen LogP contribution in [0, 0.1) is 12.8 Å². The number of piperidine rings is 1. The van der Waals surface area contributed by atoms with Crippen molar-refractivity contribution in [2.75, 3.05) is 24.5 Å². The molecule has 2 saturated heterocycles. The quantitative estimate of drug-likeness (QED) is 0.907. The highest BCUT2D eigenvalue weighted by molar-refractivity contribution is 6.03. The first kappa shape index (κ1) is 13.3. The third kappa shape index (κ3) is 2.00. The van der Waals surface area contributed by atoms with E-state index in [4.69, 9.17) is 0 Å². The molecular formula is C17H21FN2O. The van der Waals surface area contributed by atoms with Gasteiger partial charge in [0.15, 0.2) is 5.67 Å². The zero-order valence-electron chi connectivity index (χ0n) is 12.4. The standard InChI is InChI=1S/C17H21FN2O/c1-11-2-5-15(14(8-11)12-3-4-12)20-10-13-9-19-7-6-17(13,18)16(20)21/h2,5,8,12-13,19H,3-4,6-7,9-10H2,1H3. The molecule has 2 aliphatic heterocycles. The molecular weight excluding hydrogens is 267 g/mol. The Morgan fingerprint density at radius 1 is 1.38 bits per heavy atom. The fraction of sp³-hybridized carbons (Fsp3) is 0.588. The second kappa shape index (κ2) is 4.54. The number of halogens is 1. The van der Waals surface area contributed by atoms with Gasteiger partial charge < -0.3 is 10.2 Å². The molecule has 1 saturated carbocycles. The lowest BCUT2D eigenvalue weighted by molar-refractivity contribution is -0.130. The first-order chi connectivity index (χ1) is 10.1. The summed E-state index contributed by atoms with van der Waals surface area (Å²) in [6.45, 7) is 3.77. The summed E-state index contributed by atoms with van der Waals surface area (Å²) in [6, 6.07) is 6.21. The first-order valence-corrected chi connectivity index (χ1v) is 7.92. The predicted octanol–water partition coefficient (Wildman–Crippen LogP) is 2.54. The van der Waals surface area contributed by atoms with Crippen molar-refractivity contribution in [3.05, 3.63) is 29.3 Å². The summed E-state index contributed by atoms with van der Waals surface area (Å²) in [5, 5.41) is 3.21. The fourth-order valence-corrected chi connectivity index (χ4v) is 3.78. The van der Waals surface area contributed by atoms with Crippen LogP contribution in [-0.4, -0.2) is 31.2 Å². The minimum absolute atomic E-state index is 0.216. The molecule has 2 heterocycles.